The number of hydrogen-bond donors (Lipinski definition) is 2. The molecule has 0 saturated carbocycles. The molecule has 0 fully saturated rings. The molecule has 0 aliphatic rings. The van der Waals surface area contributed by atoms with Gasteiger partial charge in [0.05, 0.1) is 16.4 Å². The van der Waals surface area contributed by atoms with Gasteiger partial charge in [0.15, 0.2) is 0 Å². The van der Waals surface area contributed by atoms with Crippen LogP contribution in [0, 0.1) is 0 Å². The van der Waals surface area contributed by atoms with Gasteiger partial charge in [-0.05, 0) is 6.42 Å². The Morgan fingerprint density at radius 1 is 1.42 bits per heavy atom. The van der Waals surface area contributed by atoms with Crippen molar-refractivity contribution in [2.24, 2.45) is 7.05 Å². The third-order valence-electron chi connectivity index (χ3n) is 2.78. The van der Waals surface area contributed by atoms with Gasteiger partial charge in [-0.3, -0.25) is 4.68 Å². The number of carbonyl (C=O) groups excluding carboxylic acids is 1. The van der Waals surface area contributed by atoms with E-state index in [1.54, 1.807) is 18.8 Å². The maximum atomic E-state index is 11.3. The number of aromatic nitrogens is 2. The molecule has 0 aliphatic carbocycles. The molecule has 6 nitrogen and oxygen atoms in total. The van der Waals surface area contributed by atoms with Crippen molar-refractivity contribution in [1.82, 2.24) is 25.3 Å². The number of halogens is 1. The van der Waals surface area contributed by atoms with Gasteiger partial charge in [0.1, 0.15) is 0 Å². The highest BCUT2D eigenvalue weighted by atomic mass is 35.5. The Morgan fingerprint density at radius 3 is 2.63 bits per heavy atom. The standard InChI is InChI=1S/C12H22ClN5O/c1-5-9-11(13)10(18(4)16-9)8-14-6-7-15-12(19)17(2)3/h14H,5-8H2,1-4H3,(H,15,19). The average molecular weight is 288 g/mol. The number of nitrogens with zero attached hydrogens (tertiary/aromatic N) is 3. The predicted molar refractivity (Wildman–Crippen MR) is 76.4 cm³/mol. The lowest BCUT2D eigenvalue weighted by atomic mass is 10.3. The number of urea groups is 1. The van der Waals surface area contributed by atoms with Gasteiger partial charge in [0.25, 0.3) is 0 Å². The van der Waals surface area contributed by atoms with E-state index in [4.69, 9.17) is 11.6 Å². The van der Waals surface area contributed by atoms with Crippen LogP contribution < -0.4 is 10.6 Å². The van der Waals surface area contributed by atoms with Gasteiger partial charge in [0, 0.05) is 40.8 Å². The van der Waals surface area contributed by atoms with Crippen LogP contribution in [-0.4, -0.2) is 47.9 Å². The molecule has 0 saturated heterocycles. The van der Waals surface area contributed by atoms with Crippen molar-refractivity contribution in [2.45, 2.75) is 19.9 Å². The number of amides is 2. The zero-order valence-corrected chi connectivity index (χ0v) is 12.7. The maximum Gasteiger partial charge on any atom is 0.316 e. The van der Waals surface area contributed by atoms with Crippen LogP contribution in [0.25, 0.3) is 0 Å². The lowest BCUT2D eigenvalue weighted by Crippen LogP contribution is -2.38. The molecule has 1 aromatic heterocycles. The van der Waals surface area contributed by atoms with Crippen molar-refractivity contribution in [3.8, 4) is 0 Å². The Labute approximate surface area is 119 Å². The molecule has 108 valence electrons. The Bertz CT molecular complexity index is 430. The van der Waals surface area contributed by atoms with Crippen LogP contribution in [-0.2, 0) is 20.0 Å². The summed E-state index contributed by atoms with van der Waals surface area (Å²) in [6.45, 7) is 3.93. The third-order valence-corrected chi connectivity index (χ3v) is 3.22. The number of rotatable bonds is 6. The molecule has 0 aliphatic heterocycles. The van der Waals surface area contributed by atoms with Crippen LogP contribution in [0.1, 0.15) is 18.3 Å². The van der Waals surface area contributed by atoms with Crippen molar-refractivity contribution in [3.05, 3.63) is 16.4 Å². The Kier molecular flexibility index (Phi) is 6.11. The van der Waals surface area contributed by atoms with E-state index < -0.39 is 0 Å². The molecule has 7 heteroatoms. The fraction of sp³-hybridized carbons (Fsp3) is 0.667. The first kappa shape index (κ1) is 15.8. The summed E-state index contributed by atoms with van der Waals surface area (Å²) < 4.78 is 1.80. The third kappa shape index (κ3) is 4.40. The van der Waals surface area contributed by atoms with Crippen LogP contribution in [0.4, 0.5) is 4.79 Å². The van der Waals surface area contributed by atoms with Gasteiger partial charge >= 0.3 is 6.03 Å². The summed E-state index contributed by atoms with van der Waals surface area (Å²) in [6.07, 6.45) is 0.825. The minimum Gasteiger partial charge on any atom is -0.337 e. The largest absolute Gasteiger partial charge is 0.337 e. The van der Waals surface area contributed by atoms with E-state index in [0.717, 1.165) is 22.8 Å². The smallest absolute Gasteiger partial charge is 0.316 e. The second kappa shape index (κ2) is 7.35. The minimum absolute atomic E-state index is 0.0892. The van der Waals surface area contributed by atoms with Crippen LogP contribution >= 0.6 is 11.6 Å². The average Bonchev–Trinajstić information content (AvgIpc) is 2.64. The van der Waals surface area contributed by atoms with E-state index >= 15 is 0 Å². The number of hydrogen-bond acceptors (Lipinski definition) is 3. The molecule has 2 amide bonds. The summed E-state index contributed by atoms with van der Waals surface area (Å²) in [5, 5.41) is 11.1. The molecule has 1 aromatic rings. The monoisotopic (exact) mass is 287 g/mol. The van der Waals surface area contributed by atoms with E-state index in [0.29, 0.717) is 19.6 Å². The first-order valence-corrected chi connectivity index (χ1v) is 6.71. The summed E-state index contributed by atoms with van der Waals surface area (Å²) in [7, 11) is 5.31. The van der Waals surface area contributed by atoms with Crippen molar-refractivity contribution < 1.29 is 4.79 Å². The van der Waals surface area contributed by atoms with Gasteiger partial charge in [0.2, 0.25) is 0 Å². The van der Waals surface area contributed by atoms with E-state index in [1.807, 2.05) is 14.0 Å². The zero-order chi connectivity index (χ0) is 14.4. The second-order valence-electron chi connectivity index (χ2n) is 4.49. The summed E-state index contributed by atoms with van der Waals surface area (Å²) in [4.78, 5) is 12.8. The van der Waals surface area contributed by atoms with E-state index in [9.17, 15) is 4.79 Å². The lowest BCUT2D eigenvalue weighted by molar-refractivity contribution is 0.217. The first-order chi connectivity index (χ1) is 8.97. The highest BCUT2D eigenvalue weighted by Crippen LogP contribution is 2.20. The summed E-state index contributed by atoms with van der Waals surface area (Å²) in [5.74, 6) is 0. The number of nitrogens with one attached hydrogen (secondary N) is 2. The predicted octanol–water partition coefficient (Wildman–Crippen LogP) is 0.997. The van der Waals surface area contributed by atoms with Crippen molar-refractivity contribution in [1.29, 1.82) is 0 Å². The molecule has 0 atom stereocenters. The van der Waals surface area contributed by atoms with Crippen molar-refractivity contribution in [2.75, 3.05) is 27.2 Å². The molecule has 0 spiro atoms. The summed E-state index contributed by atoms with van der Waals surface area (Å²) in [6, 6.07) is -0.0892. The van der Waals surface area contributed by atoms with E-state index in [1.165, 1.54) is 4.90 Å². The quantitative estimate of drug-likeness (QED) is 0.767. The maximum absolute atomic E-state index is 11.3. The SMILES string of the molecule is CCc1nn(C)c(CNCCNC(=O)N(C)C)c1Cl. The van der Waals surface area contributed by atoms with Crippen LogP contribution in [0.15, 0.2) is 0 Å². The van der Waals surface area contributed by atoms with Crippen LogP contribution in [0.3, 0.4) is 0 Å². The fourth-order valence-corrected chi connectivity index (χ4v) is 2.00. The van der Waals surface area contributed by atoms with Gasteiger partial charge in [-0.25, -0.2) is 4.79 Å². The zero-order valence-electron chi connectivity index (χ0n) is 12.0. The van der Waals surface area contributed by atoms with Gasteiger partial charge in [-0.2, -0.15) is 5.10 Å². The molecule has 0 radical (unpaired) electrons. The molecule has 0 bridgehead atoms. The lowest BCUT2D eigenvalue weighted by Gasteiger charge is -2.12. The van der Waals surface area contributed by atoms with Gasteiger partial charge < -0.3 is 15.5 Å². The molecule has 0 unspecified atom stereocenters. The number of aryl methyl sites for hydroxylation is 2. The summed E-state index contributed by atoms with van der Waals surface area (Å²) >= 11 is 6.23. The Morgan fingerprint density at radius 2 is 2.11 bits per heavy atom. The van der Waals surface area contributed by atoms with Crippen molar-refractivity contribution in [3.63, 3.8) is 0 Å². The molecule has 1 rings (SSSR count). The van der Waals surface area contributed by atoms with E-state index in [2.05, 4.69) is 15.7 Å². The van der Waals surface area contributed by atoms with Crippen molar-refractivity contribution >= 4 is 17.6 Å². The van der Waals surface area contributed by atoms with E-state index in [-0.39, 0.29) is 6.03 Å². The van der Waals surface area contributed by atoms with Gasteiger partial charge in [-0.1, -0.05) is 18.5 Å². The molecule has 0 aromatic carbocycles. The van der Waals surface area contributed by atoms with Crippen LogP contribution in [0.2, 0.25) is 5.02 Å². The number of carbonyl (C=O) groups is 1. The first-order valence-electron chi connectivity index (χ1n) is 6.33. The normalized spacial score (nSPS) is 10.6. The molecular weight excluding hydrogens is 266 g/mol. The molecular formula is C12H22ClN5O. The van der Waals surface area contributed by atoms with Crippen LogP contribution in [0.5, 0.6) is 0 Å². The molecule has 1 heterocycles. The fourth-order valence-electron chi connectivity index (χ4n) is 1.63. The topological polar surface area (TPSA) is 62.2 Å². The molecule has 2 N–H and O–H groups in total. The minimum atomic E-state index is -0.0892. The highest BCUT2D eigenvalue weighted by molar-refractivity contribution is 6.31. The van der Waals surface area contributed by atoms with Gasteiger partial charge in [-0.15, -0.1) is 0 Å². The Hall–Kier alpha value is -1.27. The Balaban J connectivity index is 2.34. The summed E-state index contributed by atoms with van der Waals surface area (Å²) in [5.41, 5.74) is 1.89. The second-order valence-corrected chi connectivity index (χ2v) is 4.87. The highest BCUT2D eigenvalue weighted by Gasteiger charge is 2.12. The molecule has 19 heavy (non-hydrogen) atoms.